The number of carboxylic acids is 1. The first kappa shape index (κ1) is 17.9. The lowest BCUT2D eigenvalue weighted by molar-refractivity contribution is 0.0698. The van der Waals surface area contributed by atoms with Gasteiger partial charge in [-0.2, -0.15) is 5.10 Å². The number of nitrogens with one attached hydrogen (secondary N) is 1. The van der Waals surface area contributed by atoms with Crippen LogP contribution in [0.3, 0.4) is 0 Å². The number of benzene rings is 2. The van der Waals surface area contributed by atoms with Crippen molar-refractivity contribution < 1.29 is 14.6 Å². The van der Waals surface area contributed by atoms with Crippen LogP contribution in [-0.4, -0.2) is 30.8 Å². The first-order valence-electron chi connectivity index (χ1n) is 9.43. The Labute approximate surface area is 171 Å². The van der Waals surface area contributed by atoms with Crippen LogP contribution >= 0.6 is 0 Å². The van der Waals surface area contributed by atoms with Gasteiger partial charge in [0.15, 0.2) is 5.75 Å². The number of hydrogen-bond acceptors (Lipinski definition) is 4. The van der Waals surface area contributed by atoms with E-state index in [0.29, 0.717) is 16.8 Å². The van der Waals surface area contributed by atoms with Crippen molar-refractivity contribution in [3.05, 3.63) is 71.9 Å². The smallest absolute Gasteiger partial charge is 0.337 e. The largest absolute Gasteiger partial charge is 0.478 e. The summed E-state index contributed by atoms with van der Waals surface area (Å²) in [6.45, 7) is 2.00. The van der Waals surface area contributed by atoms with Crippen molar-refractivity contribution in [2.24, 2.45) is 7.05 Å². The second-order valence-corrected chi connectivity index (χ2v) is 7.10. The maximum atomic E-state index is 11.6. The van der Waals surface area contributed by atoms with Gasteiger partial charge < -0.3 is 14.8 Å². The van der Waals surface area contributed by atoms with Crippen molar-refractivity contribution >= 4 is 27.9 Å². The van der Waals surface area contributed by atoms with Gasteiger partial charge in [0, 0.05) is 18.6 Å². The average Bonchev–Trinajstić information content (AvgIpc) is 3.29. The fourth-order valence-corrected chi connectivity index (χ4v) is 3.71. The number of carbonyl (C=O) groups is 1. The molecule has 0 aliphatic heterocycles. The van der Waals surface area contributed by atoms with Gasteiger partial charge in [-0.1, -0.05) is 30.3 Å². The Hall–Kier alpha value is -4.13. The molecule has 0 saturated heterocycles. The van der Waals surface area contributed by atoms with Crippen LogP contribution in [0.25, 0.3) is 33.3 Å². The molecule has 0 aliphatic carbocycles. The quantitative estimate of drug-likeness (QED) is 0.448. The highest BCUT2D eigenvalue weighted by Gasteiger charge is 2.19. The molecule has 5 rings (SSSR count). The van der Waals surface area contributed by atoms with E-state index >= 15 is 0 Å². The second kappa shape index (κ2) is 6.73. The summed E-state index contributed by atoms with van der Waals surface area (Å²) in [5.74, 6) is 0.432. The lowest BCUT2D eigenvalue weighted by Gasteiger charge is -2.08. The zero-order chi connectivity index (χ0) is 20.8. The number of hydrogen-bond donors (Lipinski definition) is 2. The van der Waals surface area contributed by atoms with Crippen LogP contribution in [-0.2, 0) is 7.05 Å². The summed E-state index contributed by atoms with van der Waals surface area (Å²) in [6, 6.07) is 16.9. The maximum absolute atomic E-state index is 11.6. The molecule has 0 unspecified atom stereocenters. The molecule has 7 heteroatoms. The Morgan fingerprint density at radius 2 is 1.90 bits per heavy atom. The van der Waals surface area contributed by atoms with Crippen molar-refractivity contribution in [3.8, 4) is 22.9 Å². The highest BCUT2D eigenvalue weighted by molar-refractivity contribution is 6.03. The fourth-order valence-electron chi connectivity index (χ4n) is 3.71. The third-order valence-corrected chi connectivity index (χ3v) is 5.15. The fraction of sp³-hybridized carbons (Fsp3) is 0.0870. The van der Waals surface area contributed by atoms with Crippen LogP contribution in [0.5, 0.6) is 11.5 Å². The molecule has 0 saturated carbocycles. The summed E-state index contributed by atoms with van der Waals surface area (Å²) in [5.41, 5.74) is 4.59. The number of aromatic carboxylic acids is 1. The topological polar surface area (TPSA) is 93.0 Å². The summed E-state index contributed by atoms with van der Waals surface area (Å²) >= 11 is 0. The normalized spacial score (nSPS) is 11.3. The van der Waals surface area contributed by atoms with Gasteiger partial charge >= 0.3 is 5.97 Å². The Bertz CT molecular complexity index is 1430. The summed E-state index contributed by atoms with van der Waals surface area (Å²) in [4.78, 5) is 19.1. The Balaban J connectivity index is 1.67. The highest BCUT2D eigenvalue weighted by Crippen LogP contribution is 2.36. The SMILES string of the molecule is Cc1ccccc1Oc1cccc2c(-c3cc4nccc(C(=O)O)c4[nH]3)n(C)nc12. The Morgan fingerprint density at radius 1 is 1.10 bits per heavy atom. The molecule has 0 amide bonds. The van der Waals surface area contributed by atoms with Gasteiger partial charge in [-0.15, -0.1) is 0 Å². The summed E-state index contributed by atoms with van der Waals surface area (Å²) in [6.07, 6.45) is 1.50. The van der Waals surface area contributed by atoms with Crippen LogP contribution in [0.1, 0.15) is 15.9 Å². The first-order chi connectivity index (χ1) is 14.5. The zero-order valence-corrected chi connectivity index (χ0v) is 16.4. The lowest BCUT2D eigenvalue weighted by Crippen LogP contribution is -1.98. The van der Waals surface area contributed by atoms with Crippen LogP contribution < -0.4 is 4.74 Å². The third kappa shape index (κ3) is 2.79. The number of rotatable bonds is 4. The van der Waals surface area contributed by atoms with E-state index in [1.807, 2.05) is 62.5 Å². The van der Waals surface area contributed by atoms with Crippen molar-refractivity contribution in [2.45, 2.75) is 6.92 Å². The number of H-pyrrole nitrogens is 1. The van der Waals surface area contributed by atoms with Gasteiger partial charge in [-0.25, -0.2) is 4.79 Å². The molecule has 0 atom stereocenters. The van der Waals surface area contributed by atoms with Gasteiger partial charge in [0.1, 0.15) is 11.3 Å². The minimum atomic E-state index is -1.00. The van der Waals surface area contributed by atoms with Crippen LogP contribution in [0, 0.1) is 6.92 Å². The van der Waals surface area contributed by atoms with Crippen LogP contribution in [0.2, 0.25) is 0 Å². The van der Waals surface area contributed by atoms with E-state index < -0.39 is 5.97 Å². The maximum Gasteiger partial charge on any atom is 0.337 e. The minimum Gasteiger partial charge on any atom is -0.478 e. The number of ether oxygens (including phenoxy) is 1. The van der Waals surface area contributed by atoms with E-state index in [1.54, 1.807) is 4.68 Å². The zero-order valence-electron chi connectivity index (χ0n) is 16.4. The molecular weight excluding hydrogens is 380 g/mol. The number of aryl methyl sites for hydroxylation is 2. The Kier molecular flexibility index (Phi) is 4.03. The van der Waals surface area contributed by atoms with Crippen molar-refractivity contribution in [1.29, 1.82) is 0 Å². The van der Waals surface area contributed by atoms with E-state index in [0.717, 1.165) is 33.6 Å². The summed E-state index contributed by atoms with van der Waals surface area (Å²) in [7, 11) is 1.85. The van der Waals surface area contributed by atoms with E-state index in [-0.39, 0.29) is 5.56 Å². The molecule has 0 fully saturated rings. The number of para-hydroxylation sites is 1. The molecule has 0 bridgehead atoms. The monoisotopic (exact) mass is 398 g/mol. The molecule has 3 heterocycles. The standard InChI is InChI=1S/C23H18N4O3/c1-13-6-3-4-8-18(13)30-19-9-5-7-14-21(19)26-27(2)22(14)17-12-16-20(25-17)15(23(28)29)10-11-24-16/h3-12,25H,1-2H3,(H,28,29). The molecule has 148 valence electrons. The van der Waals surface area contributed by atoms with Gasteiger partial charge in [0.05, 0.1) is 28.0 Å². The van der Waals surface area contributed by atoms with Crippen molar-refractivity contribution in [1.82, 2.24) is 19.7 Å². The van der Waals surface area contributed by atoms with Gasteiger partial charge in [-0.3, -0.25) is 9.67 Å². The predicted octanol–water partition coefficient (Wildman–Crippen LogP) is 4.92. The number of pyridine rings is 1. The average molecular weight is 398 g/mol. The summed E-state index contributed by atoms with van der Waals surface area (Å²) in [5, 5.41) is 15.0. The van der Waals surface area contributed by atoms with Crippen LogP contribution in [0.4, 0.5) is 0 Å². The number of nitrogens with zero attached hydrogens (tertiary/aromatic N) is 3. The highest BCUT2D eigenvalue weighted by atomic mass is 16.5. The van der Waals surface area contributed by atoms with Gasteiger partial charge in [0.2, 0.25) is 0 Å². The number of aromatic nitrogens is 4. The minimum absolute atomic E-state index is 0.182. The molecule has 0 spiro atoms. The molecule has 0 aliphatic rings. The molecule has 7 nitrogen and oxygen atoms in total. The number of fused-ring (bicyclic) bond motifs is 2. The molecule has 2 aromatic carbocycles. The van der Waals surface area contributed by atoms with E-state index in [1.165, 1.54) is 12.3 Å². The summed E-state index contributed by atoms with van der Waals surface area (Å²) < 4.78 is 7.92. The third-order valence-electron chi connectivity index (χ3n) is 5.15. The molecular formula is C23H18N4O3. The van der Waals surface area contributed by atoms with Gasteiger partial charge in [-0.05, 0) is 36.8 Å². The molecule has 5 aromatic rings. The number of carboxylic acid groups (broad SMARTS) is 1. The second-order valence-electron chi connectivity index (χ2n) is 7.10. The molecule has 30 heavy (non-hydrogen) atoms. The number of aromatic amines is 1. The van der Waals surface area contributed by atoms with Crippen molar-refractivity contribution in [3.63, 3.8) is 0 Å². The first-order valence-corrected chi connectivity index (χ1v) is 9.43. The van der Waals surface area contributed by atoms with E-state index in [2.05, 4.69) is 15.1 Å². The molecule has 0 radical (unpaired) electrons. The Morgan fingerprint density at radius 3 is 2.70 bits per heavy atom. The molecule has 2 N–H and O–H groups in total. The van der Waals surface area contributed by atoms with E-state index in [4.69, 9.17) is 4.74 Å². The van der Waals surface area contributed by atoms with Gasteiger partial charge in [0.25, 0.3) is 0 Å². The molecule has 3 aromatic heterocycles. The van der Waals surface area contributed by atoms with Crippen molar-refractivity contribution in [2.75, 3.05) is 0 Å². The van der Waals surface area contributed by atoms with Crippen LogP contribution in [0.15, 0.2) is 60.8 Å². The predicted molar refractivity (Wildman–Crippen MR) is 114 cm³/mol. The van der Waals surface area contributed by atoms with E-state index in [9.17, 15) is 9.90 Å². The lowest BCUT2D eigenvalue weighted by atomic mass is 10.1.